The Bertz CT molecular complexity index is 631. The highest BCUT2D eigenvalue weighted by atomic mass is 79.9. The number of nitrogen functional groups attached to an aromatic ring is 1. The van der Waals surface area contributed by atoms with Crippen molar-refractivity contribution < 1.29 is 9.26 Å². The molecule has 1 fully saturated rings. The molecule has 0 radical (unpaired) electrons. The molecule has 2 N–H and O–H groups in total. The molecule has 1 unspecified atom stereocenters. The van der Waals surface area contributed by atoms with Crippen molar-refractivity contribution in [2.24, 2.45) is 0 Å². The quantitative estimate of drug-likeness (QED) is 0.855. The number of rotatable bonds is 3. The average molecular weight is 353 g/mol. The Kier molecular flexibility index (Phi) is 4.23. The molecule has 7 heteroatoms. The van der Waals surface area contributed by atoms with Gasteiger partial charge in [-0.1, -0.05) is 12.1 Å². The summed E-state index contributed by atoms with van der Waals surface area (Å²) >= 11 is 3.40. The van der Waals surface area contributed by atoms with Crippen molar-refractivity contribution in [1.29, 1.82) is 0 Å². The van der Waals surface area contributed by atoms with Gasteiger partial charge in [-0.3, -0.25) is 4.90 Å². The minimum Gasteiger partial charge on any atom is -0.398 e. The summed E-state index contributed by atoms with van der Waals surface area (Å²) in [6.45, 7) is 5.56. The summed E-state index contributed by atoms with van der Waals surface area (Å²) in [7, 11) is 0. The van der Waals surface area contributed by atoms with Gasteiger partial charge in [0.2, 0.25) is 5.82 Å². The largest absolute Gasteiger partial charge is 0.398 e. The molecule has 1 aromatic heterocycles. The summed E-state index contributed by atoms with van der Waals surface area (Å²) < 4.78 is 11.9. The number of benzene rings is 1. The van der Waals surface area contributed by atoms with Crippen LogP contribution in [0.25, 0.3) is 11.5 Å². The molecular formula is C14H17BrN4O2. The van der Waals surface area contributed by atoms with E-state index in [-0.39, 0.29) is 6.10 Å². The monoisotopic (exact) mass is 352 g/mol. The van der Waals surface area contributed by atoms with E-state index in [2.05, 4.69) is 37.9 Å². The molecule has 0 aliphatic carbocycles. The third-order valence-corrected chi connectivity index (χ3v) is 4.26. The van der Waals surface area contributed by atoms with Crippen molar-refractivity contribution in [3.8, 4) is 11.5 Å². The number of halogens is 1. The van der Waals surface area contributed by atoms with Crippen molar-refractivity contribution in [2.45, 2.75) is 13.0 Å². The van der Waals surface area contributed by atoms with Gasteiger partial charge in [-0.2, -0.15) is 4.98 Å². The Morgan fingerprint density at radius 2 is 2.33 bits per heavy atom. The van der Waals surface area contributed by atoms with Gasteiger partial charge in [0.15, 0.2) is 0 Å². The first kappa shape index (κ1) is 14.5. The van der Waals surface area contributed by atoms with Crippen LogP contribution >= 0.6 is 15.9 Å². The molecule has 6 nitrogen and oxygen atoms in total. The number of morpholine rings is 1. The highest BCUT2D eigenvalue weighted by Gasteiger charge is 2.25. The number of ether oxygens (including phenoxy) is 1. The fraction of sp³-hybridized carbons (Fsp3) is 0.429. The Hall–Kier alpha value is -1.44. The maximum absolute atomic E-state index is 5.78. The standard InChI is InChI=1S/C14H17BrN4O2/c1-2-19-5-6-20-12(8-19)13-17-14(21-18-13)9-3-4-11(16)10(15)7-9/h3-4,7,12H,2,5-6,8,16H2,1H3. The molecule has 1 aromatic carbocycles. The molecule has 0 saturated carbocycles. The summed E-state index contributed by atoms with van der Waals surface area (Å²) in [6, 6.07) is 5.53. The highest BCUT2D eigenvalue weighted by molar-refractivity contribution is 9.10. The minimum atomic E-state index is -0.131. The first-order chi connectivity index (χ1) is 10.2. The molecule has 1 atom stereocenters. The Morgan fingerprint density at radius 3 is 3.10 bits per heavy atom. The van der Waals surface area contributed by atoms with Gasteiger partial charge in [0, 0.05) is 28.8 Å². The van der Waals surface area contributed by atoms with Gasteiger partial charge in [0.05, 0.1) is 6.61 Å². The first-order valence-electron chi connectivity index (χ1n) is 6.90. The first-order valence-corrected chi connectivity index (χ1v) is 7.69. The van der Waals surface area contributed by atoms with Crippen molar-refractivity contribution in [3.63, 3.8) is 0 Å². The summed E-state index contributed by atoms with van der Waals surface area (Å²) in [6.07, 6.45) is -0.131. The molecule has 0 bridgehead atoms. The smallest absolute Gasteiger partial charge is 0.258 e. The fourth-order valence-corrected chi connectivity index (χ4v) is 2.67. The number of nitrogens with zero attached hydrogens (tertiary/aromatic N) is 3. The van der Waals surface area contributed by atoms with E-state index in [0.29, 0.717) is 24.0 Å². The molecule has 1 aliphatic heterocycles. The molecule has 1 saturated heterocycles. The van der Waals surface area contributed by atoms with Crippen LogP contribution in [0.4, 0.5) is 5.69 Å². The Balaban J connectivity index is 1.81. The molecular weight excluding hydrogens is 336 g/mol. The molecule has 0 amide bonds. The second-order valence-corrected chi connectivity index (χ2v) is 5.80. The van der Waals surface area contributed by atoms with Crippen LogP contribution < -0.4 is 5.73 Å². The van der Waals surface area contributed by atoms with Gasteiger partial charge >= 0.3 is 0 Å². The lowest BCUT2D eigenvalue weighted by Crippen LogP contribution is -2.38. The predicted octanol–water partition coefficient (Wildman–Crippen LogP) is 2.47. The van der Waals surface area contributed by atoms with E-state index in [1.165, 1.54) is 0 Å². The molecule has 1 aliphatic rings. The van der Waals surface area contributed by atoms with E-state index in [4.69, 9.17) is 15.0 Å². The zero-order chi connectivity index (χ0) is 14.8. The third kappa shape index (κ3) is 3.09. The van der Waals surface area contributed by atoms with Crippen LogP contribution in [0.1, 0.15) is 18.9 Å². The zero-order valence-corrected chi connectivity index (χ0v) is 13.3. The molecule has 0 spiro atoms. The highest BCUT2D eigenvalue weighted by Crippen LogP contribution is 2.28. The Labute approximate surface area is 131 Å². The maximum Gasteiger partial charge on any atom is 0.258 e. The van der Waals surface area contributed by atoms with Crippen LogP contribution in [0.3, 0.4) is 0 Å². The van der Waals surface area contributed by atoms with Crippen molar-refractivity contribution in [1.82, 2.24) is 15.0 Å². The summed E-state index contributed by atoms with van der Waals surface area (Å²) in [5.41, 5.74) is 7.29. The molecule has 112 valence electrons. The van der Waals surface area contributed by atoms with E-state index < -0.39 is 0 Å². The summed E-state index contributed by atoms with van der Waals surface area (Å²) in [5.74, 6) is 1.07. The van der Waals surface area contributed by atoms with Gasteiger partial charge < -0.3 is 15.0 Å². The second-order valence-electron chi connectivity index (χ2n) is 4.95. The van der Waals surface area contributed by atoms with E-state index in [0.717, 1.165) is 29.7 Å². The van der Waals surface area contributed by atoms with Gasteiger partial charge in [0.1, 0.15) is 6.10 Å². The number of nitrogens with two attached hydrogens (primary N) is 1. The number of hydrogen-bond donors (Lipinski definition) is 1. The molecule has 2 heterocycles. The molecule has 21 heavy (non-hydrogen) atoms. The zero-order valence-electron chi connectivity index (χ0n) is 11.8. The van der Waals surface area contributed by atoms with Crippen LogP contribution in [-0.2, 0) is 4.74 Å². The third-order valence-electron chi connectivity index (χ3n) is 3.57. The second kappa shape index (κ2) is 6.13. The normalized spacial score (nSPS) is 19.8. The van der Waals surface area contributed by atoms with Gasteiger partial charge in [0.25, 0.3) is 5.89 Å². The fourth-order valence-electron chi connectivity index (χ4n) is 2.29. The maximum atomic E-state index is 5.78. The summed E-state index contributed by atoms with van der Waals surface area (Å²) in [5, 5.41) is 4.05. The van der Waals surface area contributed by atoms with Gasteiger partial charge in [-0.05, 0) is 40.7 Å². The van der Waals surface area contributed by atoms with E-state index >= 15 is 0 Å². The number of likely N-dealkylation sites (N-methyl/N-ethyl adjacent to an activating group) is 1. The summed E-state index contributed by atoms with van der Waals surface area (Å²) in [4.78, 5) is 6.76. The van der Waals surface area contributed by atoms with Crippen molar-refractivity contribution >= 4 is 21.6 Å². The van der Waals surface area contributed by atoms with Crippen LogP contribution in [0, 0.1) is 0 Å². The lowest BCUT2D eigenvalue weighted by Gasteiger charge is -2.30. The number of aromatic nitrogens is 2. The predicted molar refractivity (Wildman–Crippen MR) is 82.7 cm³/mol. The van der Waals surface area contributed by atoms with E-state index in [9.17, 15) is 0 Å². The van der Waals surface area contributed by atoms with Crippen LogP contribution in [0.2, 0.25) is 0 Å². The van der Waals surface area contributed by atoms with Crippen molar-refractivity contribution in [3.05, 3.63) is 28.5 Å². The van der Waals surface area contributed by atoms with Crippen LogP contribution in [0.15, 0.2) is 27.2 Å². The molecule has 2 aromatic rings. The lowest BCUT2D eigenvalue weighted by atomic mass is 10.2. The lowest BCUT2D eigenvalue weighted by molar-refractivity contribution is -0.0334. The van der Waals surface area contributed by atoms with Crippen LogP contribution in [0.5, 0.6) is 0 Å². The minimum absolute atomic E-state index is 0.131. The number of hydrogen-bond acceptors (Lipinski definition) is 6. The van der Waals surface area contributed by atoms with Gasteiger partial charge in [-0.15, -0.1) is 0 Å². The van der Waals surface area contributed by atoms with Gasteiger partial charge in [-0.25, -0.2) is 0 Å². The van der Waals surface area contributed by atoms with Crippen molar-refractivity contribution in [2.75, 3.05) is 32.0 Å². The topological polar surface area (TPSA) is 77.4 Å². The number of anilines is 1. The van der Waals surface area contributed by atoms with Crippen LogP contribution in [-0.4, -0.2) is 41.3 Å². The Morgan fingerprint density at radius 1 is 1.48 bits per heavy atom. The van der Waals surface area contributed by atoms with E-state index in [1.54, 1.807) is 6.07 Å². The molecule has 3 rings (SSSR count). The SMILES string of the molecule is CCN1CCOC(c2noc(-c3ccc(N)c(Br)c3)n2)C1. The van der Waals surface area contributed by atoms with E-state index in [1.807, 2.05) is 12.1 Å². The average Bonchev–Trinajstić information content (AvgIpc) is 3.00.